The molecule has 0 heterocycles. The van der Waals surface area contributed by atoms with Gasteiger partial charge in [-0.25, -0.2) is 0 Å². The van der Waals surface area contributed by atoms with Crippen LogP contribution in [-0.2, 0) is 11.2 Å². The van der Waals surface area contributed by atoms with Crippen molar-refractivity contribution in [3.05, 3.63) is 23.8 Å². The topological polar surface area (TPSA) is 95.6 Å². The van der Waals surface area contributed by atoms with Gasteiger partial charge in [0, 0.05) is 6.54 Å². The summed E-state index contributed by atoms with van der Waals surface area (Å²) in [6, 6.07) is 3.83. The molecule has 0 saturated heterocycles. The summed E-state index contributed by atoms with van der Waals surface area (Å²) < 4.78 is 0. The first-order chi connectivity index (χ1) is 9.56. The van der Waals surface area contributed by atoms with E-state index in [0.717, 1.165) is 17.9 Å². The second kappa shape index (κ2) is 6.61. The molecular formula is C15H22N2O3. The lowest BCUT2D eigenvalue weighted by Crippen LogP contribution is -2.42. The predicted octanol–water partition coefficient (Wildman–Crippen LogP) is 1.27. The standard InChI is InChI=1S/C15H22N2O3/c16-12(8-11-4-5-13(18)14(19)9-11)15(20)17-7-6-10-2-1-3-10/h4-5,9-10,12,18-19H,1-3,6-8,16H2,(H,17,20)/t12-/m0/s1. The third-order valence-electron chi connectivity index (χ3n) is 3.91. The number of benzene rings is 1. The number of aromatic hydroxyl groups is 2. The number of rotatable bonds is 6. The predicted molar refractivity (Wildman–Crippen MR) is 76.4 cm³/mol. The molecule has 0 radical (unpaired) electrons. The summed E-state index contributed by atoms with van der Waals surface area (Å²) in [6.07, 6.45) is 5.22. The van der Waals surface area contributed by atoms with Gasteiger partial charge >= 0.3 is 0 Å². The van der Waals surface area contributed by atoms with Crippen LogP contribution in [0.4, 0.5) is 0 Å². The smallest absolute Gasteiger partial charge is 0.237 e. The van der Waals surface area contributed by atoms with Gasteiger partial charge in [-0.3, -0.25) is 4.79 Å². The Hall–Kier alpha value is -1.75. The van der Waals surface area contributed by atoms with Crippen LogP contribution >= 0.6 is 0 Å². The highest BCUT2D eigenvalue weighted by Crippen LogP contribution is 2.28. The molecule has 1 aromatic rings. The van der Waals surface area contributed by atoms with E-state index < -0.39 is 6.04 Å². The zero-order chi connectivity index (χ0) is 14.5. The number of hydrogen-bond acceptors (Lipinski definition) is 4. The van der Waals surface area contributed by atoms with Crippen LogP contribution in [0.25, 0.3) is 0 Å². The van der Waals surface area contributed by atoms with E-state index >= 15 is 0 Å². The molecule has 5 heteroatoms. The zero-order valence-corrected chi connectivity index (χ0v) is 11.5. The Morgan fingerprint density at radius 1 is 1.35 bits per heavy atom. The molecule has 2 rings (SSSR count). The molecule has 1 fully saturated rings. The summed E-state index contributed by atoms with van der Waals surface area (Å²) in [6.45, 7) is 0.679. The number of hydrogen-bond donors (Lipinski definition) is 4. The summed E-state index contributed by atoms with van der Waals surface area (Å²) in [5.41, 5.74) is 6.57. The molecule has 5 nitrogen and oxygen atoms in total. The number of nitrogens with one attached hydrogen (secondary N) is 1. The van der Waals surface area contributed by atoms with Crippen LogP contribution in [0.5, 0.6) is 11.5 Å². The van der Waals surface area contributed by atoms with Gasteiger partial charge in [0.15, 0.2) is 11.5 Å². The highest BCUT2D eigenvalue weighted by Gasteiger charge is 2.18. The van der Waals surface area contributed by atoms with Crippen LogP contribution in [-0.4, -0.2) is 28.7 Å². The Labute approximate surface area is 118 Å². The SMILES string of the molecule is N[C@@H](Cc1ccc(O)c(O)c1)C(=O)NCCC1CCC1. The maximum absolute atomic E-state index is 11.8. The summed E-state index contributed by atoms with van der Waals surface area (Å²) in [4.78, 5) is 11.8. The zero-order valence-electron chi connectivity index (χ0n) is 11.5. The fourth-order valence-corrected chi connectivity index (χ4v) is 2.35. The summed E-state index contributed by atoms with van der Waals surface area (Å²) in [7, 11) is 0. The molecule has 1 atom stereocenters. The van der Waals surface area contributed by atoms with Gasteiger partial charge in [-0.05, 0) is 36.5 Å². The summed E-state index contributed by atoms with van der Waals surface area (Å²) in [5.74, 6) is 0.227. The molecule has 110 valence electrons. The second-order valence-corrected chi connectivity index (χ2v) is 5.51. The van der Waals surface area contributed by atoms with Gasteiger partial charge in [-0.1, -0.05) is 25.3 Å². The van der Waals surface area contributed by atoms with Crippen molar-refractivity contribution < 1.29 is 15.0 Å². The number of nitrogens with two attached hydrogens (primary N) is 1. The van der Waals surface area contributed by atoms with E-state index in [1.165, 1.54) is 31.4 Å². The number of carbonyl (C=O) groups is 1. The largest absolute Gasteiger partial charge is 0.504 e. The summed E-state index contributed by atoms with van der Waals surface area (Å²) in [5, 5.41) is 21.5. The monoisotopic (exact) mass is 278 g/mol. The molecule has 1 aliphatic carbocycles. The van der Waals surface area contributed by atoms with Crippen molar-refractivity contribution in [3.63, 3.8) is 0 Å². The van der Waals surface area contributed by atoms with Gasteiger partial charge in [0.1, 0.15) is 0 Å². The van der Waals surface area contributed by atoms with Gasteiger partial charge in [0.25, 0.3) is 0 Å². The molecule has 0 aromatic heterocycles. The Kier molecular flexibility index (Phi) is 4.84. The van der Waals surface area contributed by atoms with E-state index in [1.807, 2.05) is 0 Å². The van der Waals surface area contributed by atoms with E-state index in [9.17, 15) is 15.0 Å². The van der Waals surface area contributed by atoms with Gasteiger partial charge in [0.05, 0.1) is 6.04 Å². The number of phenolic OH excluding ortho intramolecular Hbond substituents is 2. The second-order valence-electron chi connectivity index (χ2n) is 5.51. The van der Waals surface area contributed by atoms with Crippen LogP contribution in [0.3, 0.4) is 0 Å². The highest BCUT2D eigenvalue weighted by atomic mass is 16.3. The fraction of sp³-hybridized carbons (Fsp3) is 0.533. The van der Waals surface area contributed by atoms with Gasteiger partial charge < -0.3 is 21.3 Å². The molecule has 1 aliphatic rings. The van der Waals surface area contributed by atoms with Crippen molar-refractivity contribution in [2.24, 2.45) is 11.7 Å². The highest BCUT2D eigenvalue weighted by molar-refractivity contribution is 5.81. The number of amides is 1. The fourth-order valence-electron chi connectivity index (χ4n) is 2.35. The normalized spacial score (nSPS) is 16.4. The molecule has 20 heavy (non-hydrogen) atoms. The maximum Gasteiger partial charge on any atom is 0.237 e. The number of carbonyl (C=O) groups excluding carboxylic acids is 1. The van der Waals surface area contributed by atoms with Crippen molar-refractivity contribution in [1.29, 1.82) is 0 Å². The number of phenols is 2. The van der Waals surface area contributed by atoms with Crippen molar-refractivity contribution in [2.75, 3.05) is 6.54 Å². The Bertz CT molecular complexity index is 472. The van der Waals surface area contributed by atoms with Gasteiger partial charge in [-0.2, -0.15) is 0 Å². The van der Waals surface area contributed by atoms with Crippen molar-refractivity contribution in [2.45, 2.75) is 38.1 Å². The van der Waals surface area contributed by atoms with Crippen LogP contribution in [0.1, 0.15) is 31.2 Å². The lowest BCUT2D eigenvalue weighted by Gasteiger charge is -2.25. The minimum Gasteiger partial charge on any atom is -0.504 e. The van der Waals surface area contributed by atoms with Crippen LogP contribution < -0.4 is 11.1 Å². The first-order valence-corrected chi connectivity index (χ1v) is 7.10. The molecule has 0 unspecified atom stereocenters. The summed E-state index contributed by atoms with van der Waals surface area (Å²) >= 11 is 0. The van der Waals surface area contributed by atoms with Crippen molar-refractivity contribution in [1.82, 2.24) is 5.32 Å². The molecule has 0 spiro atoms. The van der Waals surface area contributed by atoms with E-state index in [0.29, 0.717) is 13.0 Å². The third-order valence-corrected chi connectivity index (χ3v) is 3.91. The van der Waals surface area contributed by atoms with Gasteiger partial charge in [-0.15, -0.1) is 0 Å². The minimum absolute atomic E-state index is 0.170. The maximum atomic E-state index is 11.8. The lowest BCUT2D eigenvalue weighted by molar-refractivity contribution is -0.122. The Balaban J connectivity index is 1.75. The van der Waals surface area contributed by atoms with E-state index in [-0.39, 0.29) is 17.4 Å². The first-order valence-electron chi connectivity index (χ1n) is 7.10. The van der Waals surface area contributed by atoms with Crippen LogP contribution in [0.15, 0.2) is 18.2 Å². The molecule has 0 bridgehead atoms. The quantitative estimate of drug-likeness (QED) is 0.589. The molecule has 1 saturated carbocycles. The first kappa shape index (κ1) is 14.7. The molecule has 5 N–H and O–H groups in total. The van der Waals surface area contributed by atoms with E-state index in [4.69, 9.17) is 5.73 Å². The average molecular weight is 278 g/mol. The van der Waals surface area contributed by atoms with Crippen molar-refractivity contribution >= 4 is 5.91 Å². The van der Waals surface area contributed by atoms with E-state index in [2.05, 4.69) is 5.32 Å². The van der Waals surface area contributed by atoms with Gasteiger partial charge in [0.2, 0.25) is 5.91 Å². The molecule has 0 aliphatic heterocycles. The molecular weight excluding hydrogens is 256 g/mol. The Morgan fingerprint density at radius 3 is 2.70 bits per heavy atom. The average Bonchev–Trinajstić information content (AvgIpc) is 2.36. The van der Waals surface area contributed by atoms with Crippen LogP contribution in [0.2, 0.25) is 0 Å². The molecule has 1 amide bonds. The Morgan fingerprint density at radius 2 is 2.10 bits per heavy atom. The third kappa shape index (κ3) is 3.87. The van der Waals surface area contributed by atoms with E-state index in [1.54, 1.807) is 6.07 Å². The lowest BCUT2D eigenvalue weighted by atomic mass is 9.83. The van der Waals surface area contributed by atoms with Crippen molar-refractivity contribution in [3.8, 4) is 11.5 Å². The van der Waals surface area contributed by atoms with Crippen LogP contribution in [0, 0.1) is 5.92 Å². The molecule has 1 aromatic carbocycles. The minimum atomic E-state index is -0.639.